The van der Waals surface area contributed by atoms with Gasteiger partial charge < -0.3 is 45.0 Å². The Bertz CT molecular complexity index is 1080. The number of carbonyl (C=O) groups is 1. The lowest BCUT2D eigenvalue weighted by atomic mass is 9.41. The summed E-state index contributed by atoms with van der Waals surface area (Å²) < 4.78 is 16.9. The molecule has 5 fully saturated rings. The summed E-state index contributed by atoms with van der Waals surface area (Å²) in [7, 11) is 0. The molecule has 8 unspecified atom stereocenters. The van der Waals surface area contributed by atoms with Crippen LogP contribution < -0.4 is 0 Å². The Hall–Kier alpha value is -1.60. The second-order valence-electron chi connectivity index (χ2n) is 13.5. The number of nitrogens with zero attached hydrogens (tertiary/aromatic N) is 1. The third-order valence-electron chi connectivity index (χ3n) is 12.0. The Labute approximate surface area is 233 Å². The molecule has 6 rings (SSSR count). The number of esters is 1. The van der Waals surface area contributed by atoms with E-state index in [9.17, 15) is 35.5 Å². The third kappa shape index (κ3) is 3.88. The van der Waals surface area contributed by atoms with Crippen LogP contribution in [0, 0.1) is 28.6 Å². The highest BCUT2D eigenvalue weighted by atomic mass is 16.7. The Morgan fingerprint density at radius 3 is 2.45 bits per heavy atom. The summed E-state index contributed by atoms with van der Waals surface area (Å²) in [5.74, 6) is -0.514. The molecular weight excluding hydrogens is 522 g/mol. The van der Waals surface area contributed by atoms with E-state index < -0.39 is 58.8 Å². The van der Waals surface area contributed by atoms with E-state index in [0.29, 0.717) is 38.5 Å². The summed E-state index contributed by atoms with van der Waals surface area (Å²) >= 11 is 0. The van der Waals surface area contributed by atoms with Gasteiger partial charge >= 0.3 is 5.97 Å². The van der Waals surface area contributed by atoms with Crippen LogP contribution in [0.5, 0.6) is 0 Å². The summed E-state index contributed by atoms with van der Waals surface area (Å²) in [6, 6.07) is 0. The highest BCUT2D eigenvalue weighted by molar-refractivity contribution is 5.85. The van der Waals surface area contributed by atoms with Crippen molar-refractivity contribution in [2.75, 3.05) is 6.61 Å². The van der Waals surface area contributed by atoms with E-state index in [1.165, 1.54) is 6.21 Å². The number of hydrogen-bond donors (Lipinski definition) is 6. The number of carbonyl (C=O) groups excluding carboxylic acids is 1. The zero-order valence-electron chi connectivity index (χ0n) is 23.2. The van der Waals surface area contributed by atoms with Crippen molar-refractivity contribution >= 4 is 12.2 Å². The Kier molecular flexibility index (Phi) is 6.93. The molecule has 0 aromatic carbocycles. The minimum atomic E-state index is -1.43. The van der Waals surface area contributed by atoms with Crippen molar-refractivity contribution in [2.24, 2.45) is 33.7 Å². The minimum absolute atomic E-state index is 0.0514. The molecule has 224 valence electrons. The van der Waals surface area contributed by atoms with Crippen molar-refractivity contribution in [3.05, 3.63) is 11.6 Å². The molecule has 6 N–H and O–H groups in total. The molecule has 0 spiro atoms. The first kappa shape index (κ1) is 28.5. The summed E-state index contributed by atoms with van der Waals surface area (Å²) in [4.78, 5) is 11.8. The zero-order valence-corrected chi connectivity index (χ0v) is 23.2. The van der Waals surface area contributed by atoms with Crippen molar-refractivity contribution in [3.8, 4) is 0 Å². The molecule has 4 aliphatic carbocycles. The fraction of sp³-hybridized carbons (Fsp3) is 0.862. The number of cyclic esters (lactones) is 1. The maximum atomic E-state index is 12.4. The molecule has 6 aliphatic rings. The van der Waals surface area contributed by atoms with Gasteiger partial charge in [-0.2, -0.15) is 0 Å². The molecule has 0 radical (unpaired) electrons. The van der Waals surface area contributed by atoms with Crippen LogP contribution in [0.3, 0.4) is 0 Å². The van der Waals surface area contributed by atoms with Crippen molar-refractivity contribution < 1.29 is 49.7 Å². The van der Waals surface area contributed by atoms with Gasteiger partial charge in [0.2, 0.25) is 0 Å². The van der Waals surface area contributed by atoms with E-state index in [-0.39, 0.29) is 36.8 Å². The molecule has 40 heavy (non-hydrogen) atoms. The standard InChI is InChI=1S/C29H43NO10/c1-15-22(32)23(33)24(34)25(39-15)40-17-3-8-27(14-30-37)19-4-7-26(2)18(16-11-21(31)38-13-16)6-10-29(26,36)20(19)5-9-28(27,35)12-17/h11,14-15,17-20,22-25,32-37H,3-10,12-13H2,1-2H3/t15?,17?,18-,19-,20?,22-,23?,24?,25?,26+,27-,28?,29?/m0/s1. The largest absolute Gasteiger partial charge is 0.458 e. The molecular formula is C29H43NO10. The highest BCUT2D eigenvalue weighted by Crippen LogP contribution is 2.70. The fourth-order valence-corrected chi connectivity index (χ4v) is 9.88. The fourth-order valence-electron chi connectivity index (χ4n) is 9.88. The van der Waals surface area contributed by atoms with Gasteiger partial charge in [0.25, 0.3) is 0 Å². The van der Waals surface area contributed by atoms with Crippen molar-refractivity contribution in [1.29, 1.82) is 0 Å². The Morgan fingerprint density at radius 1 is 1.00 bits per heavy atom. The van der Waals surface area contributed by atoms with Gasteiger partial charge in [0.15, 0.2) is 6.29 Å². The van der Waals surface area contributed by atoms with E-state index in [1.807, 2.05) is 0 Å². The van der Waals surface area contributed by atoms with Gasteiger partial charge in [0.1, 0.15) is 24.9 Å². The maximum Gasteiger partial charge on any atom is 0.331 e. The van der Waals surface area contributed by atoms with Gasteiger partial charge in [-0.3, -0.25) is 0 Å². The molecule has 2 heterocycles. The molecule has 0 amide bonds. The first-order valence-corrected chi connectivity index (χ1v) is 14.7. The van der Waals surface area contributed by atoms with Crippen LogP contribution >= 0.6 is 0 Å². The van der Waals surface area contributed by atoms with Gasteiger partial charge in [-0.25, -0.2) is 4.79 Å². The number of hydrogen-bond acceptors (Lipinski definition) is 11. The van der Waals surface area contributed by atoms with E-state index in [1.54, 1.807) is 13.0 Å². The van der Waals surface area contributed by atoms with Crippen LogP contribution in [0.15, 0.2) is 16.8 Å². The lowest BCUT2D eigenvalue weighted by molar-refractivity contribution is -0.316. The second kappa shape index (κ2) is 9.72. The molecule has 1 saturated heterocycles. The van der Waals surface area contributed by atoms with Crippen molar-refractivity contribution in [3.63, 3.8) is 0 Å². The first-order chi connectivity index (χ1) is 18.9. The summed E-state index contributed by atoms with van der Waals surface area (Å²) in [6.07, 6.45) is 1.55. The summed E-state index contributed by atoms with van der Waals surface area (Å²) in [5.41, 5.74) is -2.62. The van der Waals surface area contributed by atoms with E-state index in [4.69, 9.17) is 14.2 Å². The average molecular weight is 566 g/mol. The predicted molar refractivity (Wildman–Crippen MR) is 139 cm³/mol. The van der Waals surface area contributed by atoms with Crippen LogP contribution in [0.1, 0.15) is 71.6 Å². The minimum Gasteiger partial charge on any atom is -0.458 e. The average Bonchev–Trinajstić information content (AvgIpc) is 3.46. The van der Waals surface area contributed by atoms with Gasteiger partial charge in [-0.1, -0.05) is 6.92 Å². The maximum absolute atomic E-state index is 12.4. The summed E-state index contributed by atoms with van der Waals surface area (Å²) in [6.45, 7) is 4.00. The molecule has 4 saturated carbocycles. The zero-order chi connectivity index (χ0) is 28.7. The highest BCUT2D eigenvalue weighted by Gasteiger charge is 2.71. The second-order valence-corrected chi connectivity index (χ2v) is 13.5. The molecule has 0 aromatic rings. The predicted octanol–water partition coefficient (Wildman–Crippen LogP) is 1.01. The molecule has 0 aromatic heterocycles. The summed E-state index contributed by atoms with van der Waals surface area (Å²) in [5, 5.41) is 68.7. The molecule has 11 heteroatoms. The molecule has 2 aliphatic heterocycles. The van der Waals surface area contributed by atoms with E-state index in [2.05, 4.69) is 12.1 Å². The lowest BCUT2D eigenvalue weighted by Crippen LogP contribution is -2.69. The normalized spacial score (nSPS) is 54.4. The number of ether oxygens (including phenoxy) is 3. The smallest absolute Gasteiger partial charge is 0.331 e. The number of aliphatic hydroxyl groups is 5. The van der Waals surface area contributed by atoms with Gasteiger partial charge in [0, 0.05) is 23.3 Å². The Morgan fingerprint density at radius 2 is 1.75 bits per heavy atom. The molecule has 11 nitrogen and oxygen atoms in total. The van der Waals surface area contributed by atoms with Crippen LogP contribution in [0.25, 0.3) is 0 Å². The molecule has 13 atom stereocenters. The van der Waals surface area contributed by atoms with E-state index in [0.717, 1.165) is 18.4 Å². The number of aliphatic hydroxyl groups excluding tert-OH is 3. The van der Waals surface area contributed by atoms with Crippen LogP contribution in [0.2, 0.25) is 0 Å². The quantitative estimate of drug-likeness (QED) is 0.0947. The topological polar surface area (TPSA) is 178 Å². The van der Waals surface area contributed by atoms with Crippen molar-refractivity contribution in [2.45, 2.75) is 120 Å². The monoisotopic (exact) mass is 565 g/mol. The van der Waals surface area contributed by atoms with E-state index >= 15 is 0 Å². The number of rotatable bonds is 4. The number of fused-ring (bicyclic) bond motifs is 5. The SMILES string of the molecule is CC1OC(OC2CC[C@]3(C=NO)[C@H]4CC[C@]5(C)[C@H](C6=CC(=O)OC6)CCC5(O)C4CCC3(O)C2)C(O)C(O)[C@H]1O. The first-order valence-electron chi connectivity index (χ1n) is 14.7. The molecule has 0 bridgehead atoms. The Balaban J connectivity index is 1.24. The van der Waals surface area contributed by atoms with Gasteiger partial charge in [-0.05, 0) is 81.6 Å². The van der Waals surface area contributed by atoms with Crippen LogP contribution in [-0.2, 0) is 19.0 Å². The van der Waals surface area contributed by atoms with Gasteiger partial charge in [-0.15, -0.1) is 5.16 Å². The van der Waals surface area contributed by atoms with Crippen LogP contribution in [-0.4, -0.2) is 97.5 Å². The van der Waals surface area contributed by atoms with Crippen LogP contribution in [0.4, 0.5) is 0 Å². The third-order valence-corrected chi connectivity index (χ3v) is 12.0. The van der Waals surface area contributed by atoms with Gasteiger partial charge in [0.05, 0.1) is 29.6 Å². The number of oxime groups is 1. The lowest BCUT2D eigenvalue weighted by Gasteiger charge is -2.65. The van der Waals surface area contributed by atoms with Crippen molar-refractivity contribution in [1.82, 2.24) is 0 Å².